The molecule has 0 spiro atoms. The maximum Gasteiger partial charge on any atom is 0.221 e. The van der Waals surface area contributed by atoms with Crippen molar-refractivity contribution in [2.45, 2.75) is 13.8 Å². The van der Waals surface area contributed by atoms with Crippen LogP contribution in [0.1, 0.15) is 28.5 Å². The molecule has 0 saturated heterocycles. The Kier molecular flexibility index (Phi) is 4.84. The normalized spacial score (nSPS) is 11.0. The second-order valence-electron chi connectivity index (χ2n) is 5.86. The first-order chi connectivity index (χ1) is 12.5. The molecular formula is C20H19N3O3. The van der Waals surface area contributed by atoms with E-state index < -0.39 is 0 Å². The smallest absolute Gasteiger partial charge is 0.221 e. The first kappa shape index (κ1) is 17.4. The van der Waals surface area contributed by atoms with Gasteiger partial charge in [0.1, 0.15) is 11.4 Å². The average molecular weight is 349 g/mol. The van der Waals surface area contributed by atoms with Crippen molar-refractivity contribution in [1.29, 1.82) is 0 Å². The van der Waals surface area contributed by atoms with Crippen molar-refractivity contribution in [2.24, 2.45) is 0 Å². The molecule has 2 aromatic heterocycles. The quantitative estimate of drug-likeness (QED) is 0.565. The molecule has 1 aromatic carbocycles. The Morgan fingerprint density at radius 1 is 1.27 bits per heavy atom. The summed E-state index contributed by atoms with van der Waals surface area (Å²) in [6.07, 6.45) is 6.84. The van der Waals surface area contributed by atoms with Crippen LogP contribution in [0.4, 0.5) is 5.69 Å². The number of allylic oxidation sites excluding steroid dienone is 1. The van der Waals surface area contributed by atoms with Crippen LogP contribution in [0.25, 0.3) is 11.7 Å². The Labute approximate surface area is 151 Å². The van der Waals surface area contributed by atoms with E-state index in [9.17, 15) is 9.59 Å². The van der Waals surface area contributed by atoms with E-state index in [1.807, 2.05) is 29.7 Å². The Bertz CT molecular complexity index is 1020. The number of amides is 1. The van der Waals surface area contributed by atoms with E-state index >= 15 is 0 Å². The van der Waals surface area contributed by atoms with Crippen molar-refractivity contribution >= 4 is 29.1 Å². The fourth-order valence-corrected chi connectivity index (χ4v) is 2.72. The van der Waals surface area contributed by atoms with Crippen molar-refractivity contribution in [1.82, 2.24) is 9.38 Å². The number of ketones is 1. The lowest BCUT2D eigenvalue weighted by molar-refractivity contribution is -0.114. The molecule has 0 fully saturated rings. The van der Waals surface area contributed by atoms with Crippen LogP contribution in [0.15, 0.2) is 48.8 Å². The minimum absolute atomic E-state index is 0.186. The molecule has 1 N–H and O–H groups in total. The van der Waals surface area contributed by atoms with E-state index in [1.54, 1.807) is 30.5 Å². The highest BCUT2D eigenvalue weighted by Crippen LogP contribution is 2.24. The summed E-state index contributed by atoms with van der Waals surface area (Å²) in [5.41, 5.74) is 3.73. The summed E-state index contributed by atoms with van der Waals surface area (Å²) < 4.78 is 7.21. The molecule has 0 aliphatic carbocycles. The molecule has 132 valence electrons. The molecule has 26 heavy (non-hydrogen) atoms. The first-order valence-corrected chi connectivity index (χ1v) is 8.10. The molecule has 2 heterocycles. The van der Waals surface area contributed by atoms with Gasteiger partial charge in [-0.3, -0.25) is 9.59 Å². The molecule has 3 rings (SSSR count). The summed E-state index contributed by atoms with van der Waals surface area (Å²) in [5, 5.41) is 2.67. The Morgan fingerprint density at radius 3 is 2.81 bits per heavy atom. The Morgan fingerprint density at radius 2 is 2.08 bits per heavy atom. The molecule has 6 heteroatoms. The monoisotopic (exact) mass is 349 g/mol. The zero-order valence-electron chi connectivity index (χ0n) is 14.8. The van der Waals surface area contributed by atoms with Crippen molar-refractivity contribution in [2.75, 3.05) is 12.4 Å². The van der Waals surface area contributed by atoms with Gasteiger partial charge in [0.25, 0.3) is 0 Å². The second kappa shape index (κ2) is 7.23. The molecule has 0 aliphatic rings. The van der Waals surface area contributed by atoms with Gasteiger partial charge in [-0.25, -0.2) is 4.98 Å². The third-order valence-electron chi connectivity index (χ3n) is 3.95. The molecule has 0 atom stereocenters. The van der Waals surface area contributed by atoms with Crippen molar-refractivity contribution in [3.63, 3.8) is 0 Å². The predicted octanol–water partition coefficient (Wildman–Crippen LogP) is 3.51. The van der Waals surface area contributed by atoms with E-state index in [4.69, 9.17) is 4.74 Å². The van der Waals surface area contributed by atoms with Gasteiger partial charge in [0.05, 0.1) is 24.6 Å². The molecule has 0 saturated carbocycles. The number of carbonyl (C=O) groups is 2. The number of aryl methyl sites for hydroxylation is 1. The van der Waals surface area contributed by atoms with Gasteiger partial charge in [-0.05, 0) is 42.8 Å². The van der Waals surface area contributed by atoms with E-state index in [0.29, 0.717) is 17.0 Å². The number of nitrogens with one attached hydrogen (secondary N) is 1. The van der Waals surface area contributed by atoms with Crippen molar-refractivity contribution < 1.29 is 14.3 Å². The zero-order chi connectivity index (χ0) is 18.7. The lowest BCUT2D eigenvalue weighted by Gasteiger charge is -2.09. The summed E-state index contributed by atoms with van der Waals surface area (Å²) in [6, 6.07) is 8.85. The van der Waals surface area contributed by atoms with Gasteiger partial charge in [-0.1, -0.05) is 6.07 Å². The molecule has 0 radical (unpaired) electrons. The number of carbonyl (C=O) groups excluding carboxylic acids is 2. The molecule has 1 amide bonds. The third kappa shape index (κ3) is 3.49. The molecule has 0 unspecified atom stereocenters. The molecular weight excluding hydrogens is 330 g/mol. The number of pyridine rings is 1. The summed E-state index contributed by atoms with van der Waals surface area (Å²) >= 11 is 0. The number of aromatic nitrogens is 2. The average Bonchev–Trinajstić information content (AvgIpc) is 3.03. The van der Waals surface area contributed by atoms with E-state index in [1.165, 1.54) is 20.1 Å². The minimum Gasteiger partial charge on any atom is -0.496 e. The topological polar surface area (TPSA) is 72.7 Å². The predicted molar refractivity (Wildman–Crippen MR) is 101 cm³/mol. The number of ether oxygens (including phenoxy) is 1. The number of hydrogen-bond acceptors (Lipinski definition) is 4. The van der Waals surface area contributed by atoms with Gasteiger partial charge < -0.3 is 14.5 Å². The van der Waals surface area contributed by atoms with Gasteiger partial charge in [-0.2, -0.15) is 0 Å². The van der Waals surface area contributed by atoms with E-state index in [2.05, 4.69) is 10.3 Å². The Balaban J connectivity index is 1.88. The van der Waals surface area contributed by atoms with Crippen LogP contribution < -0.4 is 10.1 Å². The maximum atomic E-state index is 12.6. The number of nitrogens with zero attached hydrogens (tertiary/aromatic N) is 2. The summed E-state index contributed by atoms with van der Waals surface area (Å²) in [4.78, 5) is 28.1. The van der Waals surface area contributed by atoms with Crippen LogP contribution in [-0.2, 0) is 4.79 Å². The summed E-state index contributed by atoms with van der Waals surface area (Å²) in [6.45, 7) is 3.41. The van der Waals surface area contributed by atoms with Crippen LogP contribution >= 0.6 is 0 Å². The number of imidazole rings is 1. The highest BCUT2D eigenvalue weighted by Gasteiger charge is 2.11. The Hall–Kier alpha value is -3.41. The number of fused-ring (bicyclic) bond motifs is 1. The maximum absolute atomic E-state index is 12.6. The highest BCUT2D eigenvalue weighted by atomic mass is 16.5. The number of anilines is 1. The van der Waals surface area contributed by atoms with Gasteiger partial charge in [0.2, 0.25) is 5.91 Å². The lowest BCUT2D eigenvalue weighted by Crippen LogP contribution is -2.07. The van der Waals surface area contributed by atoms with Crippen LogP contribution in [0.3, 0.4) is 0 Å². The fraction of sp³-hybridized carbons (Fsp3) is 0.150. The molecule has 3 aromatic rings. The largest absolute Gasteiger partial charge is 0.496 e. The first-order valence-electron chi connectivity index (χ1n) is 8.10. The van der Waals surface area contributed by atoms with Gasteiger partial charge in [-0.15, -0.1) is 0 Å². The number of methoxy groups -OCH3 is 1. The van der Waals surface area contributed by atoms with Crippen LogP contribution in [0.5, 0.6) is 5.75 Å². The lowest BCUT2D eigenvalue weighted by atomic mass is 10.1. The van der Waals surface area contributed by atoms with E-state index in [-0.39, 0.29) is 11.7 Å². The minimum atomic E-state index is -0.196. The van der Waals surface area contributed by atoms with Crippen molar-refractivity contribution in [3.8, 4) is 5.75 Å². The van der Waals surface area contributed by atoms with Crippen LogP contribution in [0.2, 0.25) is 0 Å². The van der Waals surface area contributed by atoms with E-state index in [0.717, 1.165) is 16.9 Å². The van der Waals surface area contributed by atoms with Crippen molar-refractivity contribution in [3.05, 3.63) is 65.6 Å². The number of benzene rings is 1. The second-order valence-corrected chi connectivity index (χ2v) is 5.86. The number of rotatable bonds is 5. The number of hydrogen-bond donors (Lipinski definition) is 1. The van der Waals surface area contributed by atoms with Gasteiger partial charge >= 0.3 is 0 Å². The zero-order valence-corrected chi connectivity index (χ0v) is 14.8. The highest BCUT2D eigenvalue weighted by molar-refractivity contribution is 6.09. The molecule has 0 aliphatic heterocycles. The van der Waals surface area contributed by atoms with Gasteiger partial charge in [0.15, 0.2) is 5.78 Å². The summed E-state index contributed by atoms with van der Waals surface area (Å²) in [5.74, 6) is 0.0210. The SMILES string of the molecule is COc1cc(NC(C)=O)ccc1C(=O)/C=C/c1cnc2c(C)cccn12. The van der Waals surface area contributed by atoms with Gasteiger partial charge in [0, 0.05) is 24.9 Å². The standard InChI is InChI=1S/C20H19N3O3/c1-13-5-4-10-23-16(12-21-20(13)23)7-9-18(25)17-8-6-15(22-14(2)24)11-19(17)26-3/h4-12H,1-3H3,(H,22,24)/b9-7+. The summed E-state index contributed by atoms with van der Waals surface area (Å²) in [7, 11) is 1.49. The third-order valence-corrected chi connectivity index (χ3v) is 3.95. The molecule has 0 bridgehead atoms. The fourth-order valence-electron chi connectivity index (χ4n) is 2.72. The van der Waals surface area contributed by atoms with Crippen LogP contribution in [0, 0.1) is 6.92 Å². The molecule has 6 nitrogen and oxygen atoms in total. The van der Waals surface area contributed by atoms with Crippen LogP contribution in [-0.4, -0.2) is 28.2 Å².